The van der Waals surface area contributed by atoms with E-state index in [1.54, 1.807) is 0 Å². The summed E-state index contributed by atoms with van der Waals surface area (Å²) in [5, 5.41) is 3.19. The zero-order valence-electron chi connectivity index (χ0n) is 19.0. The van der Waals surface area contributed by atoms with Crippen LogP contribution in [-0.2, 0) is 20.7 Å². The van der Waals surface area contributed by atoms with Crippen LogP contribution in [0.1, 0.15) is 86.5 Å². The largest absolute Gasteiger partial charge is 0.368 e. The highest BCUT2D eigenvalue weighted by Gasteiger charge is 2.33. The monoisotopic (exact) mass is 428 g/mol. The van der Waals surface area contributed by atoms with Gasteiger partial charge in [0.05, 0.1) is 6.42 Å². The molecule has 3 aliphatic rings. The minimum Gasteiger partial charge on any atom is -0.368 e. The van der Waals surface area contributed by atoms with E-state index < -0.39 is 0 Å². The van der Waals surface area contributed by atoms with Crippen LogP contribution in [0.25, 0.3) is 0 Å². The Balaban J connectivity index is 1.40. The molecule has 0 bridgehead atoms. The van der Waals surface area contributed by atoms with E-state index >= 15 is 0 Å². The van der Waals surface area contributed by atoms with Gasteiger partial charge in [0.25, 0.3) is 5.91 Å². The van der Waals surface area contributed by atoms with Gasteiger partial charge in [-0.25, -0.2) is 9.97 Å². The number of aromatic nitrogens is 2. The first-order valence-corrected chi connectivity index (χ1v) is 12.0. The summed E-state index contributed by atoms with van der Waals surface area (Å²) in [4.78, 5) is 36.9. The summed E-state index contributed by atoms with van der Waals surface area (Å²) in [6, 6.07) is 0.316. The molecule has 1 saturated carbocycles. The van der Waals surface area contributed by atoms with E-state index in [9.17, 15) is 9.59 Å². The van der Waals surface area contributed by atoms with Gasteiger partial charge in [-0.05, 0) is 52.4 Å². The Morgan fingerprint density at radius 1 is 1.00 bits per heavy atom. The molecule has 170 valence electrons. The predicted molar refractivity (Wildman–Crippen MR) is 118 cm³/mol. The van der Waals surface area contributed by atoms with Gasteiger partial charge in [0.1, 0.15) is 11.9 Å². The summed E-state index contributed by atoms with van der Waals surface area (Å²) in [7, 11) is 0. The Morgan fingerprint density at radius 2 is 1.74 bits per heavy atom. The maximum atomic E-state index is 12.8. The number of hydrogen-bond acceptors (Lipinski definition) is 5. The Kier molecular flexibility index (Phi) is 7.20. The quantitative estimate of drug-likeness (QED) is 0.779. The van der Waals surface area contributed by atoms with E-state index in [1.807, 2.05) is 18.7 Å². The number of hydrogen-bond donors (Lipinski definition) is 1. The minimum atomic E-state index is -0.270. The van der Waals surface area contributed by atoms with Gasteiger partial charge in [-0.3, -0.25) is 9.59 Å². The van der Waals surface area contributed by atoms with Crippen LogP contribution in [0, 0.1) is 13.8 Å². The molecule has 1 N–H and O–H groups in total. The van der Waals surface area contributed by atoms with E-state index in [1.165, 1.54) is 19.3 Å². The molecule has 0 radical (unpaired) electrons. The number of amides is 2. The second kappa shape index (κ2) is 10.1. The molecule has 0 aromatic carbocycles. The van der Waals surface area contributed by atoms with Crippen molar-refractivity contribution in [3.63, 3.8) is 0 Å². The maximum absolute atomic E-state index is 12.8. The van der Waals surface area contributed by atoms with Crippen molar-refractivity contribution in [2.45, 2.75) is 96.1 Å². The standard InChI is InChI=1S/C24H36N4O3/c1-16-20(14-22(29)27-19-9-4-3-5-10-19)17(2)26-23(25-16)18-8-6-12-28(15-18)24(30)21-11-7-13-31-21/h18-19,21H,3-15H2,1-2H3,(H,27,29)/t18-,21+/m0/s1. The van der Waals surface area contributed by atoms with Gasteiger partial charge in [0.15, 0.2) is 0 Å². The molecule has 0 unspecified atom stereocenters. The fourth-order valence-electron chi connectivity index (χ4n) is 5.25. The third-order valence-electron chi connectivity index (χ3n) is 7.05. The first-order chi connectivity index (χ1) is 15.0. The lowest BCUT2D eigenvalue weighted by atomic mass is 9.95. The lowest BCUT2D eigenvalue weighted by Crippen LogP contribution is -2.44. The second-order valence-corrected chi connectivity index (χ2v) is 9.44. The SMILES string of the molecule is Cc1nc([C@H]2CCCN(C(=O)[C@H]3CCCO3)C2)nc(C)c1CC(=O)NC1CCCCC1. The molecule has 1 aromatic rings. The van der Waals surface area contributed by atoms with E-state index in [0.717, 1.165) is 67.8 Å². The third kappa shape index (κ3) is 5.43. The molecule has 1 aliphatic carbocycles. The van der Waals surface area contributed by atoms with Gasteiger partial charge >= 0.3 is 0 Å². The summed E-state index contributed by atoms with van der Waals surface area (Å²) in [5.41, 5.74) is 2.69. The molecule has 2 saturated heterocycles. The zero-order chi connectivity index (χ0) is 21.8. The van der Waals surface area contributed by atoms with Crippen molar-refractivity contribution in [2.24, 2.45) is 0 Å². The first-order valence-electron chi connectivity index (χ1n) is 12.0. The molecule has 4 rings (SSSR count). The molecule has 2 amide bonds. The third-order valence-corrected chi connectivity index (χ3v) is 7.05. The van der Waals surface area contributed by atoms with Crippen LogP contribution in [-0.4, -0.2) is 58.5 Å². The summed E-state index contributed by atoms with van der Waals surface area (Å²) >= 11 is 0. The van der Waals surface area contributed by atoms with Gasteiger partial charge in [-0.1, -0.05) is 19.3 Å². The fourth-order valence-corrected chi connectivity index (χ4v) is 5.25. The number of carbonyl (C=O) groups excluding carboxylic acids is 2. The van der Waals surface area contributed by atoms with Gasteiger partial charge < -0.3 is 15.0 Å². The predicted octanol–water partition coefficient (Wildman–Crippen LogP) is 2.97. The van der Waals surface area contributed by atoms with Crippen molar-refractivity contribution >= 4 is 11.8 Å². The van der Waals surface area contributed by atoms with Crippen molar-refractivity contribution in [1.82, 2.24) is 20.2 Å². The Labute approximate surface area is 185 Å². The first kappa shape index (κ1) is 22.2. The van der Waals surface area contributed by atoms with Crippen molar-refractivity contribution in [3.8, 4) is 0 Å². The number of piperidine rings is 1. The highest BCUT2D eigenvalue weighted by molar-refractivity contribution is 5.81. The number of aryl methyl sites for hydroxylation is 2. The van der Waals surface area contributed by atoms with Crippen LogP contribution in [0.5, 0.6) is 0 Å². The van der Waals surface area contributed by atoms with Crippen LogP contribution in [0.4, 0.5) is 0 Å². The average molecular weight is 429 g/mol. The van der Waals surface area contributed by atoms with E-state index in [-0.39, 0.29) is 23.8 Å². The van der Waals surface area contributed by atoms with E-state index in [4.69, 9.17) is 14.7 Å². The van der Waals surface area contributed by atoms with Gasteiger partial charge in [0.2, 0.25) is 5.91 Å². The minimum absolute atomic E-state index is 0.0699. The van der Waals surface area contributed by atoms with Crippen molar-refractivity contribution in [1.29, 1.82) is 0 Å². The fraction of sp³-hybridized carbons (Fsp3) is 0.750. The van der Waals surface area contributed by atoms with Crippen LogP contribution in [0.3, 0.4) is 0 Å². The summed E-state index contributed by atoms with van der Waals surface area (Å²) < 4.78 is 5.59. The molecule has 0 spiro atoms. The Morgan fingerprint density at radius 3 is 2.42 bits per heavy atom. The number of carbonyl (C=O) groups is 2. The van der Waals surface area contributed by atoms with Gasteiger partial charge in [-0.2, -0.15) is 0 Å². The second-order valence-electron chi connectivity index (χ2n) is 9.44. The van der Waals surface area contributed by atoms with Gasteiger partial charge in [-0.15, -0.1) is 0 Å². The molecule has 7 nitrogen and oxygen atoms in total. The summed E-state index contributed by atoms with van der Waals surface area (Å²) in [5.74, 6) is 1.13. The molecule has 3 heterocycles. The molecule has 2 atom stereocenters. The van der Waals surface area contributed by atoms with Crippen molar-refractivity contribution < 1.29 is 14.3 Å². The highest BCUT2D eigenvalue weighted by atomic mass is 16.5. The van der Waals surface area contributed by atoms with Gasteiger partial charge in [0, 0.05) is 48.6 Å². The molecular weight excluding hydrogens is 392 g/mol. The van der Waals surface area contributed by atoms with Crippen LogP contribution < -0.4 is 5.32 Å². The molecule has 2 aliphatic heterocycles. The van der Waals surface area contributed by atoms with E-state index in [2.05, 4.69) is 5.32 Å². The smallest absolute Gasteiger partial charge is 0.251 e. The van der Waals surface area contributed by atoms with Crippen molar-refractivity contribution in [2.75, 3.05) is 19.7 Å². The van der Waals surface area contributed by atoms with Crippen LogP contribution >= 0.6 is 0 Å². The topological polar surface area (TPSA) is 84.4 Å². The normalized spacial score (nSPS) is 24.9. The molecule has 7 heteroatoms. The lowest BCUT2D eigenvalue weighted by molar-refractivity contribution is -0.142. The number of rotatable bonds is 5. The Bertz CT molecular complexity index is 777. The number of nitrogens with one attached hydrogen (secondary N) is 1. The molecule has 1 aromatic heterocycles. The molecular formula is C24H36N4O3. The van der Waals surface area contributed by atoms with Crippen LogP contribution in [0.15, 0.2) is 0 Å². The lowest BCUT2D eigenvalue weighted by Gasteiger charge is -2.33. The number of likely N-dealkylation sites (tertiary alicyclic amines) is 1. The zero-order valence-corrected chi connectivity index (χ0v) is 19.0. The summed E-state index contributed by atoms with van der Waals surface area (Å²) in [6.45, 7) is 6.07. The van der Waals surface area contributed by atoms with E-state index in [0.29, 0.717) is 25.6 Å². The summed E-state index contributed by atoms with van der Waals surface area (Å²) in [6.07, 6.45) is 9.64. The number of ether oxygens (including phenoxy) is 1. The molecule has 3 fully saturated rings. The van der Waals surface area contributed by atoms with Crippen molar-refractivity contribution in [3.05, 3.63) is 22.8 Å². The molecule has 31 heavy (non-hydrogen) atoms. The Hall–Kier alpha value is -2.02. The van der Waals surface area contributed by atoms with Crippen LogP contribution in [0.2, 0.25) is 0 Å². The average Bonchev–Trinajstić information content (AvgIpc) is 3.31. The number of nitrogens with zero attached hydrogens (tertiary/aromatic N) is 3. The maximum Gasteiger partial charge on any atom is 0.251 e. The highest BCUT2D eigenvalue weighted by Crippen LogP contribution is 2.28.